The first-order chi connectivity index (χ1) is 9.20. The standard InChI is InChI=1S/C11H13BrCl3NO3S/c1-16(5-8(13)6-19-2)20(17,18)11-9(14)3-7(12)4-10(11)15/h3-4,8H,5-6H2,1-2H3. The van der Waals surface area contributed by atoms with Crippen molar-refractivity contribution in [2.45, 2.75) is 10.3 Å². The van der Waals surface area contributed by atoms with Gasteiger partial charge < -0.3 is 4.74 Å². The maximum atomic E-state index is 12.5. The van der Waals surface area contributed by atoms with Gasteiger partial charge in [-0.15, -0.1) is 11.6 Å². The van der Waals surface area contributed by atoms with Crippen LogP contribution in [0.3, 0.4) is 0 Å². The molecule has 0 bridgehead atoms. The summed E-state index contributed by atoms with van der Waals surface area (Å²) < 4.78 is 31.5. The van der Waals surface area contributed by atoms with E-state index in [1.165, 1.54) is 26.3 Å². The van der Waals surface area contributed by atoms with Crippen LogP contribution >= 0.6 is 50.7 Å². The number of rotatable bonds is 6. The van der Waals surface area contributed by atoms with E-state index in [0.29, 0.717) is 4.47 Å². The largest absolute Gasteiger partial charge is 0.383 e. The van der Waals surface area contributed by atoms with E-state index in [9.17, 15) is 8.42 Å². The molecule has 0 spiro atoms. The van der Waals surface area contributed by atoms with Crippen LogP contribution in [0.25, 0.3) is 0 Å². The Labute approximate surface area is 142 Å². The van der Waals surface area contributed by atoms with Gasteiger partial charge in [0, 0.05) is 25.2 Å². The fourth-order valence-corrected chi connectivity index (χ4v) is 5.05. The lowest BCUT2D eigenvalue weighted by atomic mass is 10.4. The maximum Gasteiger partial charge on any atom is 0.245 e. The van der Waals surface area contributed by atoms with Crippen molar-refractivity contribution < 1.29 is 13.2 Å². The van der Waals surface area contributed by atoms with E-state index in [4.69, 9.17) is 39.5 Å². The van der Waals surface area contributed by atoms with Gasteiger partial charge in [-0.25, -0.2) is 8.42 Å². The molecule has 0 aromatic heterocycles. The molecule has 1 rings (SSSR count). The minimum Gasteiger partial charge on any atom is -0.383 e. The van der Waals surface area contributed by atoms with Gasteiger partial charge in [0.05, 0.1) is 22.0 Å². The zero-order chi connectivity index (χ0) is 15.5. The molecule has 0 aliphatic heterocycles. The SMILES string of the molecule is COCC(Cl)CN(C)S(=O)(=O)c1c(Cl)cc(Br)cc1Cl. The molecular weight excluding hydrogens is 412 g/mol. The monoisotopic (exact) mass is 423 g/mol. The molecule has 0 heterocycles. The van der Waals surface area contributed by atoms with Crippen molar-refractivity contribution in [3.63, 3.8) is 0 Å². The highest BCUT2D eigenvalue weighted by atomic mass is 79.9. The Morgan fingerprint density at radius 1 is 1.35 bits per heavy atom. The Morgan fingerprint density at radius 2 is 1.85 bits per heavy atom. The predicted molar refractivity (Wildman–Crippen MR) is 85.5 cm³/mol. The molecule has 0 saturated heterocycles. The number of sulfonamides is 1. The molecule has 1 unspecified atom stereocenters. The Morgan fingerprint density at radius 3 is 2.30 bits per heavy atom. The Bertz CT molecular complexity index is 559. The molecule has 0 amide bonds. The average Bonchev–Trinajstić information content (AvgIpc) is 2.26. The van der Waals surface area contributed by atoms with Gasteiger partial charge in [0.1, 0.15) is 4.90 Å². The van der Waals surface area contributed by atoms with E-state index in [2.05, 4.69) is 15.9 Å². The van der Waals surface area contributed by atoms with Crippen LogP contribution in [0.4, 0.5) is 0 Å². The number of methoxy groups -OCH3 is 1. The summed E-state index contributed by atoms with van der Waals surface area (Å²) in [6.45, 7) is 0.323. The van der Waals surface area contributed by atoms with Gasteiger partial charge in [0.2, 0.25) is 10.0 Å². The lowest BCUT2D eigenvalue weighted by Crippen LogP contribution is -2.34. The van der Waals surface area contributed by atoms with Gasteiger partial charge in [-0.3, -0.25) is 0 Å². The highest BCUT2D eigenvalue weighted by Gasteiger charge is 2.28. The van der Waals surface area contributed by atoms with E-state index >= 15 is 0 Å². The van der Waals surface area contributed by atoms with Crippen LogP contribution in [0, 0.1) is 0 Å². The number of halogens is 4. The number of alkyl halides is 1. The second-order valence-electron chi connectivity index (χ2n) is 4.04. The zero-order valence-corrected chi connectivity index (χ0v) is 15.4. The Balaban J connectivity index is 3.11. The molecule has 0 aliphatic rings. The van der Waals surface area contributed by atoms with Crippen LogP contribution in [0.2, 0.25) is 10.0 Å². The molecule has 0 saturated carbocycles. The van der Waals surface area contributed by atoms with E-state index < -0.39 is 15.4 Å². The predicted octanol–water partition coefficient (Wildman–Crippen LogP) is 3.63. The van der Waals surface area contributed by atoms with Crippen LogP contribution in [-0.2, 0) is 14.8 Å². The molecular formula is C11H13BrCl3NO3S. The van der Waals surface area contributed by atoms with Crippen molar-refractivity contribution in [1.29, 1.82) is 0 Å². The molecule has 9 heteroatoms. The van der Waals surface area contributed by atoms with Crippen molar-refractivity contribution in [3.8, 4) is 0 Å². The quantitative estimate of drug-likeness (QED) is 0.654. The molecule has 1 aromatic carbocycles. The minimum atomic E-state index is -3.82. The number of nitrogens with zero attached hydrogens (tertiary/aromatic N) is 1. The van der Waals surface area contributed by atoms with Crippen LogP contribution in [0.5, 0.6) is 0 Å². The van der Waals surface area contributed by atoms with Crippen molar-refractivity contribution in [2.24, 2.45) is 0 Å². The van der Waals surface area contributed by atoms with Crippen molar-refractivity contribution in [2.75, 3.05) is 27.3 Å². The lowest BCUT2D eigenvalue weighted by Gasteiger charge is -2.21. The molecule has 20 heavy (non-hydrogen) atoms. The van der Waals surface area contributed by atoms with Gasteiger partial charge in [-0.05, 0) is 12.1 Å². The van der Waals surface area contributed by atoms with E-state index in [1.807, 2.05) is 0 Å². The summed E-state index contributed by atoms with van der Waals surface area (Å²) in [5, 5.41) is -0.365. The number of benzene rings is 1. The fourth-order valence-electron chi connectivity index (χ4n) is 1.54. The second kappa shape index (κ2) is 7.63. The van der Waals surface area contributed by atoms with Crippen molar-refractivity contribution in [3.05, 3.63) is 26.7 Å². The van der Waals surface area contributed by atoms with Crippen LogP contribution in [-0.4, -0.2) is 45.4 Å². The third-order valence-corrected chi connectivity index (χ3v) is 5.90. The van der Waals surface area contributed by atoms with Crippen molar-refractivity contribution >= 4 is 60.8 Å². The molecule has 4 nitrogen and oxygen atoms in total. The lowest BCUT2D eigenvalue weighted by molar-refractivity contribution is 0.192. The molecule has 0 N–H and O–H groups in total. The van der Waals surface area contributed by atoms with Crippen LogP contribution < -0.4 is 0 Å². The van der Waals surface area contributed by atoms with E-state index in [-0.39, 0.29) is 28.1 Å². The first-order valence-electron chi connectivity index (χ1n) is 5.44. The van der Waals surface area contributed by atoms with Gasteiger partial charge in [-0.1, -0.05) is 39.1 Å². The molecule has 0 fully saturated rings. The molecule has 1 aromatic rings. The molecule has 0 aliphatic carbocycles. The van der Waals surface area contributed by atoms with E-state index in [0.717, 1.165) is 4.31 Å². The zero-order valence-electron chi connectivity index (χ0n) is 10.7. The maximum absolute atomic E-state index is 12.5. The molecule has 0 radical (unpaired) electrons. The summed E-state index contributed by atoms with van der Waals surface area (Å²) >= 11 is 21.1. The van der Waals surface area contributed by atoms with E-state index in [1.54, 1.807) is 0 Å². The van der Waals surface area contributed by atoms with Crippen LogP contribution in [0.15, 0.2) is 21.5 Å². The van der Waals surface area contributed by atoms with Crippen molar-refractivity contribution in [1.82, 2.24) is 4.31 Å². The third kappa shape index (κ3) is 4.47. The summed E-state index contributed by atoms with van der Waals surface area (Å²) in [7, 11) is -0.918. The average molecular weight is 426 g/mol. The summed E-state index contributed by atoms with van der Waals surface area (Å²) in [6.07, 6.45) is 0. The number of ether oxygens (including phenoxy) is 1. The third-order valence-electron chi connectivity index (χ3n) is 2.43. The summed E-state index contributed by atoms with van der Waals surface area (Å²) in [5.41, 5.74) is 0. The Hall–Kier alpha value is 0.440. The number of hydrogen-bond acceptors (Lipinski definition) is 3. The first kappa shape index (κ1) is 18.5. The van der Waals surface area contributed by atoms with Gasteiger partial charge in [0.15, 0.2) is 0 Å². The van der Waals surface area contributed by atoms with Gasteiger partial charge >= 0.3 is 0 Å². The summed E-state index contributed by atoms with van der Waals surface area (Å²) in [6, 6.07) is 2.95. The molecule has 114 valence electrons. The number of hydrogen-bond donors (Lipinski definition) is 0. The van der Waals surface area contributed by atoms with Crippen LogP contribution in [0.1, 0.15) is 0 Å². The van der Waals surface area contributed by atoms with Gasteiger partial charge in [-0.2, -0.15) is 4.31 Å². The normalized spacial score (nSPS) is 13.8. The molecule has 1 atom stereocenters. The minimum absolute atomic E-state index is 0.0501. The Kier molecular flexibility index (Phi) is 7.05. The van der Waals surface area contributed by atoms with Gasteiger partial charge in [0.25, 0.3) is 0 Å². The topological polar surface area (TPSA) is 46.6 Å². The highest BCUT2D eigenvalue weighted by molar-refractivity contribution is 9.10. The fraction of sp³-hybridized carbons (Fsp3) is 0.455. The highest BCUT2D eigenvalue weighted by Crippen LogP contribution is 2.34. The first-order valence-corrected chi connectivity index (χ1v) is 8.86. The summed E-state index contributed by atoms with van der Waals surface area (Å²) in [5.74, 6) is 0. The second-order valence-corrected chi connectivity index (χ2v) is 8.37. The summed E-state index contributed by atoms with van der Waals surface area (Å²) in [4.78, 5) is -0.132. The smallest absolute Gasteiger partial charge is 0.245 e.